The molecule has 2 amide bonds. The number of carbonyl (C=O) groups excluding carboxylic acids is 2. The van der Waals surface area contributed by atoms with E-state index in [4.69, 9.17) is 11.6 Å². The largest absolute Gasteiger partial charge is 0.357 e. The number of benzene rings is 2. The summed E-state index contributed by atoms with van der Waals surface area (Å²) in [6.45, 7) is 4.07. The Hall–Kier alpha value is -2.58. The first kappa shape index (κ1) is 25.7. The molecule has 0 unspecified atom stereocenters. The maximum Gasteiger partial charge on any atom is 0.242 e. The topological polar surface area (TPSA) is 86.8 Å². The first-order valence-electron chi connectivity index (χ1n) is 10.3. The molecule has 0 heterocycles. The van der Waals surface area contributed by atoms with E-state index in [0.29, 0.717) is 17.1 Å². The number of hydrogen-bond acceptors (Lipinski definition) is 4. The Morgan fingerprint density at radius 3 is 2.34 bits per heavy atom. The summed E-state index contributed by atoms with van der Waals surface area (Å²) in [5, 5.41) is 3.01. The molecule has 0 aliphatic heterocycles. The summed E-state index contributed by atoms with van der Waals surface area (Å²) in [6, 6.07) is 13.7. The number of carbonyl (C=O) groups is 2. The Kier molecular flexibility index (Phi) is 9.09. The van der Waals surface area contributed by atoms with Gasteiger partial charge in [-0.2, -0.15) is 0 Å². The van der Waals surface area contributed by atoms with Gasteiger partial charge in [0.2, 0.25) is 21.8 Å². The second-order valence-electron chi connectivity index (χ2n) is 7.72. The molecule has 0 saturated carbocycles. The van der Waals surface area contributed by atoms with Crippen LogP contribution in [0.4, 0.5) is 5.69 Å². The van der Waals surface area contributed by atoms with Crippen molar-refractivity contribution in [3.05, 3.63) is 64.7 Å². The molecule has 0 aliphatic carbocycles. The molecule has 2 aromatic carbocycles. The van der Waals surface area contributed by atoms with Crippen molar-refractivity contribution in [3.8, 4) is 0 Å². The SMILES string of the molecule is CNC(=O)[C@H](C)N(Cc1ccc(C)cc1)C(=O)CCCN(c1cccc(Cl)c1)S(C)(=O)=O. The van der Waals surface area contributed by atoms with Crippen LogP contribution >= 0.6 is 11.6 Å². The zero-order valence-corrected chi connectivity index (χ0v) is 20.4. The van der Waals surface area contributed by atoms with Crippen LogP contribution in [0.3, 0.4) is 0 Å². The second kappa shape index (κ2) is 11.3. The molecule has 1 N–H and O–H groups in total. The zero-order chi connectivity index (χ0) is 23.9. The van der Waals surface area contributed by atoms with E-state index in [9.17, 15) is 18.0 Å². The minimum Gasteiger partial charge on any atom is -0.357 e. The van der Waals surface area contributed by atoms with Gasteiger partial charge in [-0.25, -0.2) is 8.42 Å². The Balaban J connectivity index is 2.13. The van der Waals surface area contributed by atoms with Crippen molar-refractivity contribution in [2.45, 2.75) is 39.3 Å². The highest BCUT2D eigenvalue weighted by atomic mass is 35.5. The molecule has 0 saturated heterocycles. The summed E-state index contributed by atoms with van der Waals surface area (Å²) < 4.78 is 25.8. The Morgan fingerprint density at radius 1 is 1.12 bits per heavy atom. The summed E-state index contributed by atoms with van der Waals surface area (Å²) in [6.07, 6.45) is 1.51. The molecule has 9 heteroatoms. The van der Waals surface area contributed by atoms with Gasteiger partial charge in [0.25, 0.3) is 0 Å². The minimum absolute atomic E-state index is 0.0970. The number of aryl methyl sites for hydroxylation is 1. The van der Waals surface area contributed by atoms with Gasteiger partial charge in [0.05, 0.1) is 11.9 Å². The van der Waals surface area contributed by atoms with E-state index in [1.54, 1.807) is 31.2 Å². The lowest BCUT2D eigenvalue weighted by Crippen LogP contribution is -2.46. The number of halogens is 1. The van der Waals surface area contributed by atoms with E-state index in [0.717, 1.165) is 17.4 Å². The van der Waals surface area contributed by atoms with Crippen molar-refractivity contribution in [1.29, 1.82) is 0 Å². The fourth-order valence-corrected chi connectivity index (χ4v) is 4.46. The number of hydrogen-bond donors (Lipinski definition) is 1. The van der Waals surface area contributed by atoms with Gasteiger partial charge in [-0.1, -0.05) is 47.5 Å². The third-order valence-corrected chi connectivity index (χ3v) is 6.56. The highest BCUT2D eigenvalue weighted by Crippen LogP contribution is 2.22. The van der Waals surface area contributed by atoms with E-state index >= 15 is 0 Å². The maximum atomic E-state index is 13.1. The number of sulfonamides is 1. The number of rotatable bonds is 10. The van der Waals surface area contributed by atoms with Gasteiger partial charge in [-0.05, 0) is 44.0 Å². The number of likely N-dealkylation sites (N-methyl/N-ethyl adjacent to an activating group) is 1. The number of anilines is 1. The quantitative estimate of drug-likeness (QED) is 0.566. The monoisotopic (exact) mass is 479 g/mol. The van der Waals surface area contributed by atoms with Crippen molar-refractivity contribution in [3.63, 3.8) is 0 Å². The van der Waals surface area contributed by atoms with Gasteiger partial charge in [0.15, 0.2) is 0 Å². The third-order valence-electron chi connectivity index (χ3n) is 5.14. The molecule has 0 spiro atoms. The molecular formula is C23H30ClN3O4S. The molecule has 2 rings (SSSR count). The van der Waals surface area contributed by atoms with E-state index in [2.05, 4.69) is 5.32 Å². The van der Waals surface area contributed by atoms with E-state index in [-0.39, 0.29) is 31.3 Å². The molecule has 0 aliphatic rings. The standard InChI is InChI=1S/C23H30ClN3O4S/c1-17-10-12-19(13-11-17)16-26(18(2)23(29)25-3)22(28)9-6-14-27(32(4,30)31)21-8-5-7-20(24)15-21/h5,7-8,10-13,15,18H,6,9,14,16H2,1-4H3,(H,25,29)/t18-/m0/s1. The molecule has 0 bridgehead atoms. The van der Waals surface area contributed by atoms with Gasteiger partial charge in [0, 0.05) is 31.6 Å². The number of amides is 2. The van der Waals surface area contributed by atoms with E-state index < -0.39 is 16.1 Å². The normalized spacial score (nSPS) is 12.2. The first-order chi connectivity index (χ1) is 15.0. The molecule has 1 atom stereocenters. The van der Waals surface area contributed by atoms with Crippen LogP contribution in [-0.2, 0) is 26.2 Å². The summed E-state index contributed by atoms with van der Waals surface area (Å²) in [7, 11) is -2.02. The first-order valence-corrected chi connectivity index (χ1v) is 12.6. The van der Waals surface area contributed by atoms with Gasteiger partial charge in [-0.3, -0.25) is 13.9 Å². The molecule has 2 aromatic rings. The molecule has 174 valence electrons. The Morgan fingerprint density at radius 2 is 1.78 bits per heavy atom. The summed E-state index contributed by atoms with van der Waals surface area (Å²) in [5.41, 5.74) is 2.46. The fraction of sp³-hybridized carbons (Fsp3) is 0.391. The zero-order valence-electron chi connectivity index (χ0n) is 18.8. The van der Waals surface area contributed by atoms with Gasteiger partial charge < -0.3 is 10.2 Å². The van der Waals surface area contributed by atoms with Crippen LogP contribution in [0.15, 0.2) is 48.5 Å². The number of nitrogens with zero attached hydrogens (tertiary/aromatic N) is 2. The van der Waals surface area contributed by atoms with Crippen LogP contribution in [0, 0.1) is 6.92 Å². The molecule has 32 heavy (non-hydrogen) atoms. The molecule has 0 fully saturated rings. The lowest BCUT2D eigenvalue weighted by Gasteiger charge is -2.29. The van der Waals surface area contributed by atoms with Crippen molar-refractivity contribution >= 4 is 39.1 Å². The highest BCUT2D eigenvalue weighted by molar-refractivity contribution is 7.92. The molecular weight excluding hydrogens is 450 g/mol. The summed E-state index contributed by atoms with van der Waals surface area (Å²) >= 11 is 6.01. The van der Waals surface area contributed by atoms with Crippen LogP contribution < -0.4 is 9.62 Å². The third kappa shape index (κ3) is 7.24. The summed E-state index contributed by atoms with van der Waals surface area (Å²) in [4.78, 5) is 26.8. The predicted octanol–water partition coefficient (Wildman–Crippen LogP) is 3.36. The fourth-order valence-electron chi connectivity index (χ4n) is 3.32. The van der Waals surface area contributed by atoms with Crippen molar-refractivity contribution < 1.29 is 18.0 Å². The van der Waals surface area contributed by atoms with Gasteiger partial charge >= 0.3 is 0 Å². The van der Waals surface area contributed by atoms with Crippen molar-refractivity contribution in [2.75, 3.05) is 24.2 Å². The Bertz CT molecular complexity index is 1040. The van der Waals surface area contributed by atoms with Crippen LogP contribution in [-0.4, -0.2) is 51.0 Å². The lowest BCUT2D eigenvalue weighted by atomic mass is 10.1. The molecule has 0 radical (unpaired) electrons. The lowest BCUT2D eigenvalue weighted by molar-refractivity contribution is -0.140. The minimum atomic E-state index is -3.55. The van der Waals surface area contributed by atoms with E-state index in [1.165, 1.54) is 16.3 Å². The van der Waals surface area contributed by atoms with Gasteiger partial charge in [-0.15, -0.1) is 0 Å². The highest BCUT2D eigenvalue weighted by Gasteiger charge is 2.26. The van der Waals surface area contributed by atoms with Crippen LogP contribution in [0.25, 0.3) is 0 Å². The number of nitrogens with one attached hydrogen (secondary N) is 1. The van der Waals surface area contributed by atoms with Crippen molar-refractivity contribution in [2.24, 2.45) is 0 Å². The smallest absolute Gasteiger partial charge is 0.242 e. The van der Waals surface area contributed by atoms with Crippen molar-refractivity contribution in [1.82, 2.24) is 10.2 Å². The summed E-state index contributed by atoms with van der Waals surface area (Å²) in [5.74, 6) is -0.483. The Labute approximate surface area is 195 Å². The maximum absolute atomic E-state index is 13.1. The van der Waals surface area contributed by atoms with Gasteiger partial charge in [0.1, 0.15) is 6.04 Å². The van der Waals surface area contributed by atoms with E-state index in [1.807, 2.05) is 31.2 Å². The predicted molar refractivity (Wildman–Crippen MR) is 128 cm³/mol. The molecule has 0 aromatic heterocycles. The van der Waals surface area contributed by atoms with Crippen LogP contribution in [0.5, 0.6) is 0 Å². The van der Waals surface area contributed by atoms with Crippen LogP contribution in [0.2, 0.25) is 5.02 Å². The molecule has 7 nitrogen and oxygen atoms in total. The van der Waals surface area contributed by atoms with Crippen LogP contribution in [0.1, 0.15) is 30.9 Å². The average Bonchev–Trinajstić information content (AvgIpc) is 2.74. The second-order valence-corrected chi connectivity index (χ2v) is 10.1. The average molecular weight is 480 g/mol.